The minimum absolute atomic E-state index is 0.0629. The summed E-state index contributed by atoms with van der Waals surface area (Å²) in [6, 6.07) is 21.5. The summed E-state index contributed by atoms with van der Waals surface area (Å²) in [5.41, 5.74) is 2.05. The number of carbonyl (C=O) groups is 3. The first-order valence-electron chi connectivity index (χ1n) is 12.8. The van der Waals surface area contributed by atoms with Crippen LogP contribution in [0.25, 0.3) is 0 Å². The molecule has 1 unspecified atom stereocenters. The van der Waals surface area contributed by atoms with Crippen molar-refractivity contribution in [3.63, 3.8) is 0 Å². The molecule has 3 amide bonds. The molecule has 0 bridgehead atoms. The number of hydrogen-bond acceptors (Lipinski definition) is 6. The molecule has 1 heterocycles. The second-order valence-electron chi connectivity index (χ2n) is 10.3. The maximum atomic E-state index is 14.1. The molecule has 1 aliphatic rings. The van der Waals surface area contributed by atoms with Crippen molar-refractivity contribution in [2.75, 3.05) is 23.9 Å². The van der Waals surface area contributed by atoms with Crippen molar-refractivity contribution in [1.82, 2.24) is 10.6 Å². The van der Waals surface area contributed by atoms with Gasteiger partial charge in [-0.25, -0.2) is 4.79 Å². The number of benzene rings is 3. The molecule has 1 aliphatic heterocycles. The molecule has 0 saturated carbocycles. The lowest BCUT2D eigenvalue weighted by molar-refractivity contribution is -0.128. The van der Waals surface area contributed by atoms with Crippen LogP contribution in [0.15, 0.2) is 78.9 Å². The molecule has 0 aliphatic carbocycles. The van der Waals surface area contributed by atoms with Crippen LogP contribution in [0, 0.1) is 0 Å². The summed E-state index contributed by atoms with van der Waals surface area (Å²) < 4.78 is 10.7. The van der Waals surface area contributed by atoms with Gasteiger partial charge in [0.15, 0.2) is 0 Å². The number of methoxy groups -OCH3 is 1. The van der Waals surface area contributed by atoms with Gasteiger partial charge in [0.2, 0.25) is 5.91 Å². The lowest BCUT2D eigenvalue weighted by Crippen LogP contribution is -2.55. The van der Waals surface area contributed by atoms with Gasteiger partial charge in [-0.2, -0.15) is 0 Å². The molecule has 0 aromatic heterocycles. The van der Waals surface area contributed by atoms with E-state index in [4.69, 9.17) is 9.47 Å². The van der Waals surface area contributed by atoms with Crippen molar-refractivity contribution in [2.45, 2.75) is 45.0 Å². The molecule has 0 spiro atoms. The van der Waals surface area contributed by atoms with E-state index in [0.717, 1.165) is 5.56 Å². The summed E-state index contributed by atoms with van der Waals surface area (Å²) in [4.78, 5) is 42.1. The highest BCUT2D eigenvalue weighted by Gasteiger charge is 2.40. The number of nitrogens with zero attached hydrogens (tertiary/aromatic N) is 1. The van der Waals surface area contributed by atoms with Crippen LogP contribution in [0.4, 0.5) is 16.2 Å². The molecule has 9 heteroatoms. The number of hydrogen-bond donors (Lipinski definition) is 3. The molecule has 3 N–H and O–H groups in total. The van der Waals surface area contributed by atoms with Crippen molar-refractivity contribution in [1.29, 1.82) is 0 Å². The summed E-state index contributed by atoms with van der Waals surface area (Å²) >= 11 is 0. The Labute approximate surface area is 228 Å². The van der Waals surface area contributed by atoms with E-state index in [1.807, 2.05) is 63.2 Å². The Hall–Kier alpha value is -4.53. The molecular formula is C30H34N4O5. The largest absolute Gasteiger partial charge is 0.497 e. The molecule has 4 rings (SSSR count). The van der Waals surface area contributed by atoms with Gasteiger partial charge in [-0.05, 0) is 56.2 Å². The van der Waals surface area contributed by atoms with E-state index in [-0.39, 0.29) is 19.1 Å². The Balaban J connectivity index is 1.68. The zero-order valence-electron chi connectivity index (χ0n) is 22.6. The summed E-state index contributed by atoms with van der Waals surface area (Å²) in [6.07, 6.45) is -0.731. The number of amides is 3. The van der Waals surface area contributed by atoms with Crippen molar-refractivity contribution in [3.8, 4) is 5.75 Å². The van der Waals surface area contributed by atoms with Gasteiger partial charge in [-0.1, -0.05) is 54.6 Å². The van der Waals surface area contributed by atoms with Crippen LogP contribution in [0.1, 0.15) is 37.9 Å². The van der Waals surface area contributed by atoms with Crippen molar-refractivity contribution in [3.05, 3.63) is 90.0 Å². The van der Waals surface area contributed by atoms with Crippen molar-refractivity contribution in [2.24, 2.45) is 0 Å². The minimum Gasteiger partial charge on any atom is -0.497 e. The van der Waals surface area contributed by atoms with E-state index in [1.165, 1.54) is 4.90 Å². The van der Waals surface area contributed by atoms with Crippen molar-refractivity contribution >= 4 is 29.3 Å². The predicted molar refractivity (Wildman–Crippen MR) is 150 cm³/mol. The third-order valence-electron chi connectivity index (χ3n) is 6.14. The molecule has 2 atom stereocenters. The Morgan fingerprint density at radius 1 is 1.00 bits per heavy atom. The fourth-order valence-electron chi connectivity index (χ4n) is 4.35. The summed E-state index contributed by atoms with van der Waals surface area (Å²) in [5, 5.41) is 8.94. The summed E-state index contributed by atoms with van der Waals surface area (Å²) in [6.45, 7) is 5.81. The first kappa shape index (κ1) is 27.5. The third-order valence-corrected chi connectivity index (χ3v) is 6.14. The zero-order chi connectivity index (χ0) is 28.0. The van der Waals surface area contributed by atoms with Crippen LogP contribution < -0.4 is 25.6 Å². The van der Waals surface area contributed by atoms with Gasteiger partial charge < -0.3 is 25.4 Å². The Bertz CT molecular complexity index is 1300. The molecule has 0 radical (unpaired) electrons. The number of ether oxygens (including phenoxy) is 2. The number of rotatable bonds is 7. The smallest absolute Gasteiger partial charge is 0.408 e. The van der Waals surface area contributed by atoms with Crippen LogP contribution in [-0.4, -0.2) is 43.1 Å². The average molecular weight is 531 g/mol. The molecule has 3 aromatic rings. The van der Waals surface area contributed by atoms with E-state index in [9.17, 15) is 14.4 Å². The maximum Gasteiger partial charge on any atom is 0.408 e. The van der Waals surface area contributed by atoms with Gasteiger partial charge in [0.05, 0.1) is 18.5 Å². The summed E-state index contributed by atoms with van der Waals surface area (Å²) in [7, 11) is 1.56. The van der Waals surface area contributed by atoms with Crippen molar-refractivity contribution < 1.29 is 23.9 Å². The van der Waals surface area contributed by atoms with Crippen LogP contribution in [0.3, 0.4) is 0 Å². The lowest BCUT2D eigenvalue weighted by atomic mass is 10.00. The van der Waals surface area contributed by atoms with E-state index in [0.29, 0.717) is 22.7 Å². The van der Waals surface area contributed by atoms with Crippen LogP contribution >= 0.6 is 0 Å². The van der Waals surface area contributed by atoms with E-state index >= 15 is 0 Å². The number of anilines is 2. The second-order valence-corrected chi connectivity index (χ2v) is 10.3. The number of fused-ring (bicyclic) bond motifs is 1. The maximum absolute atomic E-state index is 14.1. The molecular weight excluding hydrogens is 496 g/mol. The summed E-state index contributed by atoms with van der Waals surface area (Å²) in [5.74, 6) is -0.184. The molecule has 0 fully saturated rings. The lowest BCUT2D eigenvalue weighted by Gasteiger charge is -2.34. The molecule has 39 heavy (non-hydrogen) atoms. The van der Waals surface area contributed by atoms with Gasteiger partial charge in [0.1, 0.15) is 24.4 Å². The van der Waals surface area contributed by atoms with Gasteiger partial charge in [0.25, 0.3) is 5.91 Å². The van der Waals surface area contributed by atoms with Gasteiger partial charge >= 0.3 is 6.09 Å². The second kappa shape index (κ2) is 11.9. The first-order valence-corrected chi connectivity index (χ1v) is 12.8. The quantitative estimate of drug-likeness (QED) is 0.418. The predicted octanol–water partition coefficient (Wildman–Crippen LogP) is 4.40. The Kier molecular flexibility index (Phi) is 8.39. The standard InChI is InChI=1S/C30H34N4O5/c1-30(2,3)33-27(35)26(21-14-16-22(38-4)17-15-21)34-25-13-9-8-12-23(25)31-18-24(28(34)36)32-29(37)39-19-20-10-6-5-7-11-20/h5-17,24,26,31H,18-19H2,1-4H3,(H,32,37)(H,33,35)/t24-,26?/m0/s1. The van der Waals surface area contributed by atoms with Gasteiger partial charge in [-0.15, -0.1) is 0 Å². The molecule has 3 aromatic carbocycles. The number of para-hydroxylation sites is 2. The topological polar surface area (TPSA) is 109 Å². The SMILES string of the molecule is COc1ccc(C(C(=O)NC(C)(C)C)N2C(=O)[C@@H](NC(=O)OCc3ccccc3)CNc3ccccc32)cc1. The number of carbonyl (C=O) groups excluding carboxylic acids is 3. The molecule has 9 nitrogen and oxygen atoms in total. The highest BCUT2D eigenvalue weighted by atomic mass is 16.5. The average Bonchev–Trinajstić information content (AvgIpc) is 3.04. The van der Waals surface area contributed by atoms with Gasteiger partial charge in [0, 0.05) is 12.1 Å². The van der Waals surface area contributed by atoms with E-state index < -0.39 is 29.6 Å². The van der Waals surface area contributed by atoms with Gasteiger partial charge in [-0.3, -0.25) is 14.5 Å². The fraction of sp³-hybridized carbons (Fsp3) is 0.300. The normalized spacial score (nSPS) is 15.7. The zero-order valence-corrected chi connectivity index (χ0v) is 22.6. The third kappa shape index (κ3) is 6.87. The highest BCUT2D eigenvalue weighted by Crippen LogP contribution is 2.36. The van der Waals surface area contributed by atoms with Crippen LogP contribution in [0.2, 0.25) is 0 Å². The Morgan fingerprint density at radius 3 is 2.33 bits per heavy atom. The van der Waals surface area contributed by atoms with Crippen LogP contribution in [-0.2, 0) is 20.9 Å². The fourth-order valence-corrected chi connectivity index (χ4v) is 4.35. The number of alkyl carbamates (subject to hydrolysis) is 1. The minimum atomic E-state index is -1.02. The number of nitrogens with one attached hydrogen (secondary N) is 3. The molecule has 0 saturated heterocycles. The van der Waals surface area contributed by atoms with E-state index in [2.05, 4.69) is 16.0 Å². The Morgan fingerprint density at radius 2 is 1.67 bits per heavy atom. The molecule has 204 valence electrons. The first-order chi connectivity index (χ1) is 18.7. The monoisotopic (exact) mass is 530 g/mol. The highest BCUT2D eigenvalue weighted by molar-refractivity contribution is 6.07. The van der Waals surface area contributed by atoms with E-state index in [1.54, 1.807) is 43.5 Å². The van der Waals surface area contributed by atoms with Crippen LogP contribution in [0.5, 0.6) is 5.75 Å².